The van der Waals surface area contributed by atoms with Gasteiger partial charge in [0.15, 0.2) is 5.82 Å². The summed E-state index contributed by atoms with van der Waals surface area (Å²) in [4.78, 5) is 29.6. The van der Waals surface area contributed by atoms with E-state index in [1.807, 2.05) is 62.1 Å². The smallest absolute Gasteiger partial charge is 0.248 e. The molecule has 4 aromatic rings. The number of primary amides is 1. The molecule has 0 saturated carbocycles. The standard InChI is InChI=1S/C28H33ClN8O3/c1-16(26(30)38)17-10-21(25(40-7)13-23(17)36(4)9-8-35(2)3)33-28-32-15-31-27(34-28)19-14-37(5)22-12-20(29)24(39-6)11-18(19)22/h10-15H,1,8-9H2,2-7H3,(H2,30,38)(H,31,32,33,34). The molecule has 0 fully saturated rings. The Morgan fingerprint density at radius 2 is 1.82 bits per heavy atom. The third-order valence-electron chi connectivity index (χ3n) is 6.56. The van der Waals surface area contributed by atoms with E-state index in [0.29, 0.717) is 40.1 Å². The maximum Gasteiger partial charge on any atom is 0.248 e. The number of halogens is 1. The normalized spacial score (nSPS) is 11.1. The average molecular weight is 565 g/mol. The summed E-state index contributed by atoms with van der Waals surface area (Å²) in [6.45, 7) is 5.44. The number of hydrogen-bond acceptors (Lipinski definition) is 9. The molecule has 3 N–H and O–H groups in total. The van der Waals surface area contributed by atoms with Gasteiger partial charge in [-0.25, -0.2) is 9.97 Å². The molecular formula is C28H33ClN8O3. The second-order valence-corrected chi connectivity index (χ2v) is 9.96. The Hall–Kier alpha value is -4.35. The van der Waals surface area contributed by atoms with E-state index >= 15 is 0 Å². The van der Waals surface area contributed by atoms with E-state index in [9.17, 15) is 4.79 Å². The summed E-state index contributed by atoms with van der Waals surface area (Å²) in [6, 6.07) is 7.31. The highest BCUT2D eigenvalue weighted by Gasteiger charge is 2.20. The number of methoxy groups -OCH3 is 2. The van der Waals surface area contributed by atoms with E-state index < -0.39 is 5.91 Å². The van der Waals surface area contributed by atoms with Crippen molar-refractivity contribution in [2.75, 3.05) is 58.7 Å². The van der Waals surface area contributed by atoms with Gasteiger partial charge in [0.25, 0.3) is 0 Å². The van der Waals surface area contributed by atoms with Crippen molar-refractivity contribution in [3.63, 3.8) is 0 Å². The highest BCUT2D eigenvalue weighted by atomic mass is 35.5. The van der Waals surface area contributed by atoms with Crippen LogP contribution in [0.5, 0.6) is 11.5 Å². The van der Waals surface area contributed by atoms with Crippen LogP contribution < -0.4 is 25.4 Å². The molecule has 2 aromatic heterocycles. The van der Waals surface area contributed by atoms with Crippen LogP contribution in [0.4, 0.5) is 17.3 Å². The van der Waals surface area contributed by atoms with E-state index in [1.54, 1.807) is 20.3 Å². The molecule has 4 rings (SSSR count). The largest absolute Gasteiger partial charge is 0.495 e. The molecule has 0 radical (unpaired) electrons. The van der Waals surface area contributed by atoms with E-state index in [1.165, 1.54) is 6.33 Å². The predicted molar refractivity (Wildman–Crippen MR) is 160 cm³/mol. The Morgan fingerprint density at radius 3 is 2.48 bits per heavy atom. The first-order valence-corrected chi connectivity index (χ1v) is 12.8. The Bertz CT molecular complexity index is 1580. The molecule has 0 atom stereocenters. The third kappa shape index (κ3) is 5.80. The number of likely N-dealkylation sites (N-methyl/N-ethyl adjacent to an activating group) is 2. The molecule has 0 aliphatic rings. The molecular weight excluding hydrogens is 532 g/mol. The SMILES string of the molecule is C=C(C(N)=O)c1cc(Nc2ncnc(-c3cn(C)c4cc(Cl)c(OC)cc34)n2)c(OC)cc1N(C)CCN(C)C. The van der Waals surface area contributed by atoms with Gasteiger partial charge in [-0.1, -0.05) is 18.2 Å². The monoisotopic (exact) mass is 564 g/mol. The van der Waals surface area contributed by atoms with Crippen molar-refractivity contribution in [3.8, 4) is 22.9 Å². The minimum atomic E-state index is -0.618. The number of aryl methyl sites for hydroxylation is 1. The second kappa shape index (κ2) is 11.8. The van der Waals surface area contributed by atoms with E-state index in [4.69, 9.17) is 26.8 Å². The zero-order valence-electron chi connectivity index (χ0n) is 23.4. The van der Waals surface area contributed by atoms with Crippen LogP contribution in [0.1, 0.15) is 5.56 Å². The predicted octanol–water partition coefficient (Wildman–Crippen LogP) is 3.94. The molecule has 11 nitrogen and oxygen atoms in total. The number of fused-ring (bicyclic) bond motifs is 1. The number of carbonyl (C=O) groups is 1. The van der Waals surface area contributed by atoms with Gasteiger partial charge in [0.2, 0.25) is 11.9 Å². The number of carbonyl (C=O) groups excluding carboxylic acids is 1. The van der Waals surface area contributed by atoms with Crippen LogP contribution in [0, 0.1) is 0 Å². The number of aromatic nitrogens is 4. The van der Waals surface area contributed by atoms with Crippen molar-refractivity contribution in [3.05, 3.63) is 54.0 Å². The minimum Gasteiger partial charge on any atom is -0.495 e. The molecule has 0 aliphatic carbocycles. The van der Waals surface area contributed by atoms with Crippen LogP contribution in [0.2, 0.25) is 5.02 Å². The van der Waals surface area contributed by atoms with Gasteiger partial charge in [-0.15, -0.1) is 0 Å². The molecule has 0 aliphatic heterocycles. The molecule has 2 heterocycles. The van der Waals surface area contributed by atoms with Crippen LogP contribution in [0.3, 0.4) is 0 Å². The van der Waals surface area contributed by atoms with Gasteiger partial charge >= 0.3 is 0 Å². The summed E-state index contributed by atoms with van der Waals surface area (Å²) in [5.74, 6) is 1.20. The van der Waals surface area contributed by atoms with E-state index in [0.717, 1.165) is 28.7 Å². The van der Waals surface area contributed by atoms with E-state index in [2.05, 4.69) is 31.7 Å². The second-order valence-electron chi connectivity index (χ2n) is 9.55. The number of nitrogens with two attached hydrogens (primary N) is 1. The van der Waals surface area contributed by atoms with Gasteiger partial charge in [0.1, 0.15) is 17.8 Å². The first-order valence-electron chi connectivity index (χ1n) is 12.4. The molecule has 12 heteroatoms. The highest BCUT2D eigenvalue weighted by molar-refractivity contribution is 6.33. The van der Waals surface area contributed by atoms with Gasteiger partial charge in [-0.2, -0.15) is 4.98 Å². The Labute approximate surface area is 238 Å². The molecule has 40 heavy (non-hydrogen) atoms. The Kier molecular flexibility index (Phi) is 8.46. The first kappa shape index (κ1) is 28.7. The number of ether oxygens (including phenoxy) is 2. The van der Waals surface area contributed by atoms with Crippen LogP contribution in [0.15, 0.2) is 43.4 Å². The molecule has 0 bridgehead atoms. The Balaban J connectivity index is 1.76. The summed E-state index contributed by atoms with van der Waals surface area (Å²) in [5.41, 5.74) is 9.36. The number of anilines is 3. The van der Waals surface area contributed by atoms with Crippen LogP contribution in [-0.4, -0.2) is 78.8 Å². The topological polar surface area (TPSA) is 124 Å². The number of nitrogens with one attached hydrogen (secondary N) is 1. The molecule has 0 unspecified atom stereocenters. The lowest BCUT2D eigenvalue weighted by atomic mass is 10.0. The summed E-state index contributed by atoms with van der Waals surface area (Å²) >= 11 is 6.35. The summed E-state index contributed by atoms with van der Waals surface area (Å²) in [7, 11) is 11.0. The lowest BCUT2D eigenvalue weighted by Crippen LogP contribution is -2.29. The molecule has 2 aromatic carbocycles. The van der Waals surface area contributed by atoms with Gasteiger partial charge in [-0.3, -0.25) is 4.79 Å². The van der Waals surface area contributed by atoms with Gasteiger partial charge in [-0.05, 0) is 32.3 Å². The zero-order chi connectivity index (χ0) is 29.1. The van der Waals surface area contributed by atoms with Gasteiger partial charge in [0.05, 0.1) is 30.4 Å². The van der Waals surface area contributed by atoms with Crippen molar-refractivity contribution in [2.45, 2.75) is 0 Å². The fourth-order valence-electron chi connectivity index (χ4n) is 4.32. The number of amides is 1. The van der Waals surface area contributed by atoms with Gasteiger partial charge in [0, 0.05) is 67.2 Å². The van der Waals surface area contributed by atoms with Crippen LogP contribution >= 0.6 is 11.6 Å². The van der Waals surface area contributed by atoms with Gasteiger partial charge < -0.3 is 34.9 Å². The quantitative estimate of drug-likeness (QED) is 0.261. The lowest BCUT2D eigenvalue weighted by molar-refractivity contribution is -0.112. The summed E-state index contributed by atoms with van der Waals surface area (Å²) in [6.07, 6.45) is 3.35. The summed E-state index contributed by atoms with van der Waals surface area (Å²) in [5, 5.41) is 4.60. The number of benzene rings is 2. The van der Waals surface area contributed by atoms with Crippen molar-refractivity contribution in [2.24, 2.45) is 12.8 Å². The Morgan fingerprint density at radius 1 is 1.10 bits per heavy atom. The summed E-state index contributed by atoms with van der Waals surface area (Å²) < 4.78 is 13.1. The zero-order valence-corrected chi connectivity index (χ0v) is 24.2. The maximum absolute atomic E-state index is 12.1. The van der Waals surface area contributed by atoms with Crippen molar-refractivity contribution >= 4 is 51.3 Å². The number of rotatable bonds is 11. The first-order chi connectivity index (χ1) is 19.0. The maximum atomic E-state index is 12.1. The highest BCUT2D eigenvalue weighted by Crippen LogP contribution is 2.38. The average Bonchev–Trinajstić information content (AvgIpc) is 3.25. The molecule has 210 valence electrons. The van der Waals surface area contributed by atoms with Crippen LogP contribution in [0.25, 0.3) is 27.9 Å². The molecule has 0 saturated heterocycles. The fourth-order valence-corrected chi connectivity index (χ4v) is 4.56. The number of nitrogens with zero attached hydrogens (tertiary/aromatic N) is 6. The molecule has 0 spiro atoms. The van der Waals surface area contributed by atoms with Crippen LogP contribution in [-0.2, 0) is 11.8 Å². The van der Waals surface area contributed by atoms with Crippen molar-refractivity contribution < 1.29 is 14.3 Å². The van der Waals surface area contributed by atoms with Crippen molar-refractivity contribution in [1.29, 1.82) is 0 Å². The fraction of sp³-hybridized carbons (Fsp3) is 0.286. The number of hydrogen-bond donors (Lipinski definition) is 2. The third-order valence-corrected chi connectivity index (χ3v) is 6.85. The van der Waals surface area contributed by atoms with E-state index in [-0.39, 0.29) is 11.5 Å². The molecule has 1 amide bonds. The lowest BCUT2D eigenvalue weighted by Gasteiger charge is -2.26. The van der Waals surface area contributed by atoms with Crippen molar-refractivity contribution in [1.82, 2.24) is 24.4 Å². The minimum absolute atomic E-state index is 0.178.